The number of hydrogen-bond acceptors (Lipinski definition) is 4. The van der Waals surface area contributed by atoms with Crippen LogP contribution in [0.1, 0.15) is 32.9 Å². The minimum atomic E-state index is -0.413. The molecule has 0 bridgehead atoms. The highest BCUT2D eigenvalue weighted by atomic mass is 35.5. The van der Waals surface area contributed by atoms with Gasteiger partial charge in [0.25, 0.3) is 5.91 Å². The number of ether oxygens (including phenoxy) is 1. The zero-order chi connectivity index (χ0) is 19.6. The van der Waals surface area contributed by atoms with Crippen molar-refractivity contribution in [3.05, 3.63) is 74.6 Å². The summed E-state index contributed by atoms with van der Waals surface area (Å²) in [6, 6.07) is 10.8. The van der Waals surface area contributed by atoms with Gasteiger partial charge in [0.2, 0.25) is 0 Å². The molecule has 7 heteroatoms. The Morgan fingerprint density at radius 3 is 2.59 bits per heavy atom. The van der Waals surface area contributed by atoms with Crippen LogP contribution in [-0.4, -0.2) is 11.1 Å². The lowest BCUT2D eigenvalue weighted by Gasteiger charge is -2.10. The molecule has 1 N–H and O–H groups in total. The van der Waals surface area contributed by atoms with Crippen LogP contribution < -0.4 is 10.1 Å². The van der Waals surface area contributed by atoms with E-state index in [2.05, 4.69) is 10.5 Å². The Hall–Kier alpha value is -2.50. The molecule has 0 fully saturated rings. The van der Waals surface area contributed by atoms with Crippen molar-refractivity contribution in [1.82, 2.24) is 5.16 Å². The van der Waals surface area contributed by atoms with Gasteiger partial charge >= 0.3 is 0 Å². The van der Waals surface area contributed by atoms with Crippen LogP contribution in [0.25, 0.3) is 0 Å². The van der Waals surface area contributed by atoms with Gasteiger partial charge in [-0.05, 0) is 50.6 Å². The first-order valence-corrected chi connectivity index (χ1v) is 9.02. The summed E-state index contributed by atoms with van der Waals surface area (Å²) < 4.78 is 11.1. The number of benzene rings is 2. The zero-order valence-corrected chi connectivity index (χ0v) is 16.6. The molecule has 1 aromatic heterocycles. The predicted molar refractivity (Wildman–Crippen MR) is 106 cm³/mol. The topological polar surface area (TPSA) is 64.4 Å². The molecule has 27 heavy (non-hydrogen) atoms. The van der Waals surface area contributed by atoms with E-state index in [4.69, 9.17) is 32.5 Å². The third kappa shape index (κ3) is 4.43. The van der Waals surface area contributed by atoms with E-state index >= 15 is 0 Å². The van der Waals surface area contributed by atoms with Crippen molar-refractivity contribution in [2.24, 2.45) is 0 Å². The number of aryl methyl sites for hydroxylation is 3. The molecule has 0 aliphatic heterocycles. The van der Waals surface area contributed by atoms with Crippen LogP contribution in [0.5, 0.6) is 5.75 Å². The highest BCUT2D eigenvalue weighted by Gasteiger charge is 2.21. The molecule has 0 aliphatic rings. The molecular formula is C20H18Cl2N2O3. The van der Waals surface area contributed by atoms with E-state index in [0.717, 1.165) is 16.9 Å². The average Bonchev–Trinajstić information content (AvgIpc) is 2.98. The van der Waals surface area contributed by atoms with Crippen LogP contribution in [0.3, 0.4) is 0 Å². The first kappa shape index (κ1) is 19.3. The molecule has 5 nitrogen and oxygen atoms in total. The summed E-state index contributed by atoms with van der Waals surface area (Å²) in [7, 11) is 0. The number of halogens is 2. The molecule has 2 aromatic carbocycles. The summed E-state index contributed by atoms with van der Waals surface area (Å²) in [5.41, 5.74) is 3.45. The van der Waals surface area contributed by atoms with Gasteiger partial charge in [0, 0.05) is 5.69 Å². The number of amides is 1. The van der Waals surface area contributed by atoms with E-state index < -0.39 is 5.91 Å². The molecule has 0 radical (unpaired) electrons. The van der Waals surface area contributed by atoms with Gasteiger partial charge in [0.05, 0.1) is 15.6 Å². The Labute approximate surface area is 167 Å². The van der Waals surface area contributed by atoms with Crippen LogP contribution in [0, 0.1) is 20.8 Å². The lowest BCUT2D eigenvalue weighted by Crippen LogP contribution is -2.15. The third-order valence-corrected chi connectivity index (χ3v) is 4.82. The van der Waals surface area contributed by atoms with Crippen molar-refractivity contribution in [2.45, 2.75) is 27.4 Å². The molecule has 140 valence electrons. The van der Waals surface area contributed by atoms with E-state index in [1.807, 2.05) is 32.0 Å². The second-order valence-corrected chi connectivity index (χ2v) is 7.02. The monoisotopic (exact) mass is 404 g/mol. The molecule has 0 saturated carbocycles. The maximum atomic E-state index is 12.6. The van der Waals surface area contributed by atoms with Gasteiger partial charge in [-0.2, -0.15) is 0 Å². The summed E-state index contributed by atoms with van der Waals surface area (Å²) in [5.74, 6) is 0.862. The molecule has 0 saturated heterocycles. The Bertz CT molecular complexity index is 999. The minimum absolute atomic E-state index is 0.170. The molecule has 1 heterocycles. The van der Waals surface area contributed by atoms with E-state index in [-0.39, 0.29) is 12.3 Å². The lowest BCUT2D eigenvalue weighted by molar-refractivity contribution is 0.101. The van der Waals surface area contributed by atoms with Crippen LogP contribution >= 0.6 is 23.2 Å². The number of nitrogens with one attached hydrogen (secondary N) is 1. The van der Waals surface area contributed by atoms with Crippen molar-refractivity contribution in [2.75, 3.05) is 5.32 Å². The standard InChI is InChI=1S/C20H18Cl2N2O3/c1-11-4-7-18(12(2)8-11)26-10-15-13(3)27-24-19(15)20(25)23-14-5-6-16(21)17(22)9-14/h4-9H,10H2,1-3H3,(H,23,25). The van der Waals surface area contributed by atoms with Gasteiger partial charge in [-0.15, -0.1) is 0 Å². The number of carbonyl (C=O) groups excluding carboxylic acids is 1. The van der Waals surface area contributed by atoms with Crippen molar-refractivity contribution < 1.29 is 14.1 Å². The van der Waals surface area contributed by atoms with Crippen molar-refractivity contribution in [3.8, 4) is 5.75 Å². The van der Waals surface area contributed by atoms with Gasteiger partial charge in [0.1, 0.15) is 18.1 Å². The number of nitrogens with zero attached hydrogens (tertiary/aromatic N) is 1. The smallest absolute Gasteiger partial charge is 0.278 e. The maximum absolute atomic E-state index is 12.6. The molecule has 3 rings (SSSR count). The van der Waals surface area contributed by atoms with Crippen LogP contribution in [0.4, 0.5) is 5.69 Å². The number of aromatic nitrogens is 1. The SMILES string of the molecule is Cc1ccc(OCc2c(C(=O)Nc3ccc(Cl)c(Cl)c3)noc2C)c(C)c1. The summed E-state index contributed by atoms with van der Waals surface area (Å²) in [6.45, 7) is 5.90. The largest absolute Gasteiger partial charge is 0.488 e. The highest BCUT2D eigenvalue weighted by molar-refractivity contribution is 6.42. The summed E-state index contributed by atoms with van der Waals surface area (Å²) >= 11 is 11.9. The Kier molecular flexibility index (Phi) is 5.73. The zero-order valence-electron chi connectivity index (χ0n) is 15.1. The fourth-order valence-corrected chi connectivity index (χ4v) is 2.91. The molecule has 0 spiro atoms. The average molecular weight is 405 g/mol. The Morgan fingerprint density at radius 2 is 1.89 bits per heavy atom. The molecule has 0 atom stereocenters. The number of carbonyl (C=O) groups is 1. The summed E-state index contributed by atoms with van der Waals surface area (Å²) in [5, 5.41) is 7.37. The Balaban J connectivity index is 1.77. The molecule has 0 unspecified atom stereocenters. The normalized spacial score (nSPS) is 10.7. The first-order valence-electron chi connectivity index (χ1n) is 8.26. The second kappa shape index (κ2) is 8.03. The van der Waals surface area contributed by atoms with Gasteiger partial charge in [-0.1, -0.05) is 46.1 Å². The van der Waals surface area contributed by atoms with E-state index in [9.17, 15) is 4.79 Å². The van der Waals surface area contributed by atoms with Gasteiger partial charge in [-0.3, -0.25) is 4.79 Å². The number of hydrogen-bond donors (Lipinski definition) is 1. The van der Waals surface area contributed by atoms with Crippen molar-refractivity contribution in [3.63, 3.8) is 0 Å². The van der Waals surface area contributed by atoms with E-state index in [0.29, 0.717) is 27.1 Å². The first-order chi connectivity index (χ1) is 12.8. The second-order valence-electron chi connectivity index (χ2n) is 6.21. The van der Waals surface area contributed by atoms with Gasteiger partial charge in [-0.25, -0.2) is 0 Å². The van der Waals surface area contributed by atoms with E-state index in [1.165, 1.54) is 0 Å². The predicted octanol–water partition coefficient (Wildman–Crippen LogP) is 5.74. The lowest BCUT2D eigenvalue weighted by atomic mass is 10.1. The van der Waals surface area contributed by atoms with Gasteiger partial charge < -0.3 is 14.6 Å². The summed E-state index contributed by atoms with van der Waals surface area (Å²) in [4.78, 5) is 12.6. The Morgan fingerprint density at radius 1 is 1.11 bits per heavy atom. The van der Waals surface area contributed by atoms with Crippen molar-refractivity contribution >= 4 is 34.8 Å². The highest BCUT2D eigenvalue weighted by Crippen LogP contribution is 2.26. The quantitative estimate of drug-likeness (QED) is 0.588. The number of anilines is 1. The molecule has 0 aliphatic carbocycles. The van der Waals surface area contributed by atoms with E-state index in [1.54, 1.807) is 25.1 Å². The molecule has 3 aromatic rings. The number of rotatable bonds is 5. The fraction of sp³-hybridized carbons (Fsp3) is 0.200. The fourth-order valence-electron chi connectivity index (χ4n) is 2.61. The van der Waals surface area contributed by atoms with Crippen LogP contribution in [0.15, 0.2) is 40.9 Å². The van der Waals surface area contributed by atoms with Gasteiger partial charge in [0.15, 0.2) is 5.69 Å². The van der Waals surface area contributed by atoms with Crippen molar-refractivity contribution in [1.29, 1.82) is 0 Å². The maximum Gasteiger partial charge on any atom is 0.278 e. The molecular weight excluding hydrogens is 387 g/mol. The molecule has 1 amide bonds. The summed E-state index contributed by atoms with van der Waals surface area (Å²) in [6.07, 6.45) is 0. The van der Waals surface area contributed by atoms with Crippen LogP contribution in [-0.2, 0) is 6.61 Å². The van der Waals surface area contributed by atoms with Crippen LogP contribution in [0.2, 0.25) is 10.0 Å². The minimum Gasteiger partial charge on any atom is -0.488 e. The third-order valence-electron chi connectivity index (χ3n) is 4.08.